The van der Waals surface area contributed by atoms with Crippen LogP contribution in [0.4, 0.5) is 11.4 Å². The number of rotatable bonds is 1. The van der Waals surface area contributed by atoms with Gasteiger partial charge in [0.1, 0.15) is 0 Å². The van der Waals surface area contributed by atoms with Crippen molar-refractivity contribution in [1.82, 2.24) is 5.32 Å². The van der Waals surface area contributed by atoms with E-state index in [2.05, 4.69) is 59.2 Å². The van der Waals surface area contributed by atoms with Crippen molar-refractivity contribution in [3.8, 4) is 0 Å². The van der Waals surface area contributed by atoms with Gasteiger partial charge in [-0.1, -0.05) is 48.6 Å². The number of thiocarbonyl (C=S) groups is 1. The molecule has 1 unspecified atom stereocenters. The van der Waals surface area contributed by atoms with Crippen molar-refractivity contribution in [2.24, 2.45) is 0 Å². The molecular weight excluding hydrogens is 252 g/mol. The molecule has 1 aliphatic heterocycles. The molecule has 0 aliphatic carbocycles. The van der Waals surface area contributed by atoms with Crippen LogP contribution in [-0.2, 0) is 6.42 Å². The third-order valence-electron chi connectivity index (χ3n) is 3.42. The molecular formula is C16H16N2S. The maximum absolute atomic E-state index is 5.22. The molecule has 1 heterocycles. The van der Waals surface area contributed by atoms with Crippen LogP contribution in [0.2, 0.25) is 0 Å². The standard InChI is InChI=1S/C16H16N2S/c1-11(19)17-16-10-12-6-2-4-8-14(12)18-15-9-5-3-7-13(15)16/h2-9,16,18H,10H2,1H3,(H,17,19). The van der Waals surface area contributed by atoms with E-state index < -0.39 is 0 Å². The van der Waals surface area contributed by atoms with Gasteiger partial charge in [0.15, 0.2) is 0 Å². The molecule has 0 bridgehead atoms. The lowest BCUT2D eigenvalue weighted by Crippen LogP contribution is -2.26. The lowest BCUT2D eigenvalue weighted by Gasteiger charge is -2.19. The van der Waals surface area contributed by atoms with Gasteiger partial charge in [-0.2, -0.15) is 0 Å². The molecule has 1 atom stereocenters. The van der Waals surface area contributed by atoms with Crippen LogP contribution in [0.15, 0.2) is 48.5 Å². The van der Waals surface area contributed by atoms with Crippen LogP contribution in [0.25, 0.3) is 0 Å². The summed E-state index contributed by atoms with van der Waals surface area (Å²) in [5.41, 5.74) is 4.91. The molecule has 0 fully saturated rings. The average molecular weight is 268 g/mol. The highest BCUT2D eigenvalue weighted by atomic mass is 32.1. The summed E-state index contributed by atoms with van der Waals surface area (Å²) < 4.78 is 0. The molecule has 0 amide bonds. The Hall–Kier alpha value is -1.87. The van der Waals surface area contributed by atoms with Gasteiger partial charge in [0.2, 0.25) is 0 Å². The summed E-state index contributed by atoms with van der Waals surface area (Å²) in [5.74, 6) is 0. The topological polar surface area (TPSA) is 24.1 Å². The summed E-state index contributed by atoms with van der Waals surface area (Å²) in [7, 11) is 0. The van der Waals surface area contributed by atoms with E-state index in [1.807, 2.05) is 6.92 Å². The summed E-state index contributed by atoms with van der Waals surface area (Å²) >= 11 is 5.22. The van der Waals surface area contributed by atoms with Crippen molar-refractivity contribution in [1.29, 1.82) is 0 Å². The predicted molar refractivity (Wildman–Crippen MR) is 84.0 cm³/mol. The summed E-state index contributed by atoms with van der Waals surface area (Å²) in [6.07, 6.45) is 0.939. The van der Waals surface area contributed by atoms with E-state index in [-0.39, 0.29) is 6.04 Å². The molecule has 0 aromatic heterocycles. The Morgan fingerprint density at radius 2 is 1.79 bits per heavy atom. The maximum Gasteiger partial charge on any atom is 0.0726 e. The fourth-order valence-electron chi connectivity index (χ4n) is 2.58. The molecule has 2 nitrogen and oxygen atoms in total. The molecule has 0 spiro atoms. The van der Waals surface area contributed by atoms with Crippen molar-refractivity contribution in [2.75, 3.05) is 5.32 Å². The number of hydrogen-bond donors (Lipinski definition) is 2. The van der Waals surface area contributed by atoms with E-state index in [9.17, 15) is 0 Å². The van der Waals surface area contributed by atoms with Crippen molar-refractivity contribution in [2.45, 2.75) is 19.4 Å². The second-order valence-corrected chi connectivity index (χ2v) is 5.44. The fourth-order valence-corrected chi connectivity index (χ4v) is 2.73. The zero-order valence-corrected chi connectivity index (χ0v) is 11.6. The highest BCUT2D eigenvalue weighted by molar-refractivity contribution is 7.80. The van der Waals surface area contributed by atoms with Crippen molar-refractivity contribution in [3.05, 3.63) is 59.7 Å². The van der Waals surface area contributed by atoms with Crippen molar-refractivity contribution >= 4 is 28.6 Å². The molecule has 1 aliphatic rings. The predicted octanol–water partition coefficient (Wildman–Crippen LogP) is 3.96. The molecule has 96 valence electrons. The lowest BCUT2D eigenvalue weighted by atomic mass is 9.99. The molecule has 0 saturated heterocycles. The van der Waals surface area contributed by atoms with Gasteiger partial charge in [0.05, 0.1) is 11.0 Å². The number of benzene rings is 2. The van der Waals surface area contributed by atoms with E-state index in [0.717, 1.165) is 17.1 Å². The number of anilines is 2. The van der Waals surface area contributed by atoms with Crippen LogP contribution in [0, 0.1) is 0 Å². The zero-order chi connectivity index (χ0) is 13.2. The Morgan fingerprint density at radius 3 is 2.58 bits per heavy atom. The lowest BCUT2D eigenvalue weighted by molar-refractivity contribution is 0.654. The third kappa shape index (κ3) is 2.47. The monoisotopic (exact) mass is 268 g/mol. The zero-order valence-electron chi connectivity index (χ0n) is 10.8. The van der Waals surface area contributed by atoms with Crippen molar-refractivity contribution in [3.63, 3.8) is 0 Å². The van der Waals surface area contributed by atoms with Gasteiger partial charge in [-0.25, -0.2) is 0 Å². The van der Waals surface area contributed by atoms with Gasteiger partial charge >= 0.3 is 0 Å². The highest BCUT2D eigenvalue weighted by Gasteiger charge is 2.21. The first kappa shape index (κ1) is 12.2. The minimum atomic E-state index is 0.227. The molecule has 3 heteroatoms. The van der Waals surface area contributed by atoms with Gasteiger partial charge in [0.25, 0.3) is 0 Å². The van der Waals surface area contributed by atoms with E-state index in [4.69, 9.17) is 12.2 Å². The van der Waals surface area contributed by atoms with Gasteiger partial charge in [0, 0.05) is 11.4 Å². The molecule has 2 aromatic rings. The molecule has 2 aromatic carbocycles. The fraction of sp³-hybridized carbons (Fsp3) is 0.188. The summed E-state index contributed by atoms with van der Waals surface area (Å²) in [4.78, 5) is 0.833. The molecule has 2 N–H and O–H groups in total. The summed E-state index contributed by atoms with van der Waals surface area (Å²) in [6.45, 7) is 1.93. The highest BCUT2D eigenvalue weighted by Crippen LogP contribution is 2.34. The van der Waals surface area contributed by atoms with Crippen LogP contribution in [0.5, 0.6) is 0 Å². The Bertz CT molecular complexity index is 622. The van der Waals surface area contributed by atoms with E-state index in [1.54, 1.807) is 0 Å². The molecule has 0 radical (unpaired) electrons. The smallest absolute Gasteiger partial charge is 0.0726 e. The number of hydrogen-bond acceptors (Lipinski definition) is 2. The van der Waals surface area contributed by atoms with Gasteiger partial charge in [-0.05, 0) is 36.6 Å². The van der Waals surface area contributed by atoms with Gasteiger partial charge in [-0.3, -0.25) is 0 Å². The first-order valence-corrected chi connectivity index (χ1v) is 6.86. The molecule has 0 saturated carbocycles. The first-order valence-electron chi connectivity index (χ1n) is 6.45. The van der Waals surface area contributed by atoms with Crippen LogP contribution in [0.1, 0.15) is 24.1 Å². The van der Waals surface area contributed by atoms with Crippen LogP contribution >= 0.6 is 12.2 Å². The van der Waals surface area contributed by atoms with Crippen LogP contribution in [0.3, 0.4) is 0 Å². The first-order chi connectivity index (χ1) is 9.24. The van der Waals surface area contributed by atoms with E-state index in [1.165, 1.54) is 16.8 Å². The Balaban J connectivity index is 2.08. The number of para-hydroxylation sites is 2. The molecule has 19 heavy (non-hydrogen) atoms. The van der Waals surface area contributed by atoms with E-state index in [0.29, 0.717) is 0 Å². The second-order valence-electron chi connectivity index (χ2n) is 4.83. The Kier molecular flexibility index (Phi) is 3.22. The largest absolute Gasteiger partial charge is 0.373 e. The quantitative estimate of drug-likeness (QED) is 0.765. The summed E-state index contributed by atoms with van der Waals surface area (Å²) in [6, 6.07) is 17.1. The number of nitrogens with one attached hydrogen (secondary N) is 2. The van der Waals surface area contributed by atoms with Gasteiger partial charge in [-0.15, -0.1) is 0 Å². The summed E-state index contributed by atoms with van der Waals surface area (Å²) in [5, 5.41) is 6.93. The minimum Gasteiger partial charge on any atom is -0.373 e. The Morgan fingerprint density at radius 1 is 1.11 bits per heavy atom. The minimum absolute atomic E-state index is 0.227. The SMILES string of the molecule is CC(=S)NC1Cc2ccccc2Nc2ccccc21. The van der Waals surface area contributed by atoms with Crippen molar-refractivity contribution < 1.29 is 0 Å². The second kappa shape index (κ2) is 5.02. The molecule has 3 rings (SSSR count). The number of fused-ring (bicyclic) bond motifs is 2. The normalized spacial score (nSPS) is 16.6. The average Bonchev–Trinajstić information content (AvgIpc) is 2.55. The van der Waals surface area contributed by atoms with E-state index >= 15 is 0 Å². The Labute approximate surface area is 118 Å². The van der Waals surface area contributed by atoms with Crippen LogP contribution < -0.4 is 10.6 Å². The maximum atomic E-state index is 5.22. The third-order valence-corrected chi connectivity index (χ3v) is 3.54. The van der Waals surface area contributed by atoms with Gasteiger partial charge < -0.3 is 10.6 Å². The van der Waals surface area contributed by atoms with Crippen LogP contribution in [-0.4, -0.2) is 4.99 Å².